The number of hydrogen-bond donors (Lipinski definition) is 0. The zero-order chi connectivity index (χ0) is 7.84. The normalized spacial score (nSPS) is 31.0. The SMILES string of the molecule is O=C1OC(=O)C2[CH-]C=C[CH-]C12.[W+2]. The molecule has 1 aliphatic heterocycles. The summed E-state index contributed by atoms with van der Waals surface area (Å²) < 4.78 is 4.43. The monoisotopic (exact) mass is 334 g/mol. The minimum atomic E-state index is -0.430. The Hall–Kier alpha value is -0.692. The maximum absolute atomic E-state index is 10.9. The molecule has 0 aromatic heterocycles. The fourth-order valence-corrected chi connectivity index (χ4v) is 1.29. The second kappa shape index (κ2) is 3.36. The van der Waals surface area contributed by atoms with Crippen LogP contribution in [0.3, 0.4) is 0 Å². The van der Waals surface area contributed by atoms with Crippen molar-refractivity contribution >= 4 is 11.9 Å². The van der Waals surface area contributed by atoms with Crippen LogP contribution in [0.5, 0.6) is 0 Å². The third-order valence-electron chi connectivity index (χ3n) is 1.88. The van der Waals surface area contributed by atoms with Crippen LogP contribution < -0.4 is 0 Å². The number of ether oxygens (including phenoxy) is 1. The molecule has 1 aliphatic carbocycles. The Bertz CT molecular complexity index is 223. The van der Waals surface area contributed by atoms with Gasteiger partial charge in [0.25, 0.3) is 0 Å². The van der Waals surface area contributed by atoms with Crippen molar-refractivity contribution in [1.29, 1.82) is 0 Å². The molecule has 2 rings (SSSR count). The summed E-state index contributed by atoms with van der Waals surface area (Å²) in [6.45, 7) is 0. The molecule has 1 saturated heterocycles. The quantitative estimate of drug-likeness (QED) is 0.363. The zero-order valence-corrected chi connectivity index (χ0v) is 9.03. The Labute approximate surface area is 84.4 Å². The number of carbonyl (C=O) groups is 2. The molecule has 2 aliphatic rings. The van der Waals surface area contributed by atoms with Gasteiger partial charge in [-0.25, -0.2) is 0 Å². The van der Waals surface area contributed by atoms with Crippen LogP contribution >= 0.6 is 0 Å². The number of cyclic esters (lactones) is 2. The first-order valence-electron chi connectivity index (χ1n) is 3.39. The summed E-state index contributed by atoms with van der Waals surface area (Å²) in [5.74, 6) is -1.60. The van der Waals surface area contributed by atoms with Gasteiger partial charge in [0.1, 0.15) is 0 Å². The van der Waals surface area contributed by atoms with E-state index >= 15 is 0 Å². The van der Waals surface area contributed by atoms with Gasteiger partial charge in [-0.05, 0) is 11.8 Å². The van der Waals surface area contributed by atoms with Crippen molar-refractivity contribution in [3.05, 3.63) is 25.0 Å². The fraction of sp³-hybridized carbons (Fsp3) is 0.250. The van der Waals surface area contributed by atoms with E-state index in [1.54, 1.807) is 25.0 Å². The van der Waals surface area contributed by atoms with Crippen molar-refractivity contribution < 1.29 is 35.4 Å². The minimum Gasteiger partial charge on any atom is -0.395 e. The summed E-state index contributed by atoms with van der Waals surface area (Å²) in [7, 11) is 0. The largest absolute Gasteiger partial charge is 2.00 e. The van der Waals surface area contributed by atoms with Gasteiger partial charge in [0.2, 0.25) is 0 Å². The molecule has 2 unspecified atom stereocenters. The first-order valence-corrected chi connectivity index (χ1v) is 3.39. The van der Waals surface area contributed by atoms with Crippen LogP contribution in [0, 0.1) is 24.7 Å². The summed E-state index contributed by atoms with van der Waals surface area (Å²) in [5.41, 5.74) is 0. The number of esters is 2. The van der Waals surface area contributed by atoms with Gasteiger partial charge >= 0.3 is 33.0 Å². The molecule has 3 nitrogen and oxygen atoms in total. The predicted molar refractivity (Wildman–Crippen MR) is 35.8 cm³/mol. The zero-order valence-electron chi connectivity index (χ0n) is 6.10. The number of allylic oxidation sites excluding steroid dienone is 2. The molecule has 0 spiro atoms. The van der Waals surface area contributed by atoms with Gasteiger partial charge in [-0.1, -0.05) is 0 Å². The second-order valence-electron chi connectivity index (χ2n) is 2.56. The van der Waals surface area contributed by atoms with Crippen molar-refractivity contribution in [2.24, 2.45) is 11.8 Å². The molecule has 0 bridgehead atoms. The molecule has 2 atom stereocenters. The van der Waals surface area contributed by atoms with E-state index in [4.69, 9.17) is 0 Å². The average molecular weight is 334 g/mol. The smallest absolute Gasteiger partial charge is 0.395 e. The van der Waals surface area contributed by atoms with Gasteiger partial charge in [0.05, 0.1) is 0 Å². The predicted octanol–water partition coefficient (Wildman–Crippen LogP) is 0.278. The second-order valence-corrected chi connectivity index (χ2v) is 2.56. The Balaban J connectivity index is 0.000000720. The molecule has 4 heteroatoms. The Morgan fingerprint density at radius 2 is 1.50 bits per heavy atom. The van der Waals surface area contributed by atoms with Gasteiger partial charge in [-0.15, -0.1) is 0 Å². The summed E-state index contributed by atoms with van der Waals surface area (Å²) in [4.78, 5) is 21.8. The van der Waals surface area contributed by atoms with Gasteiger partial charge in [0.15, 0.2) is 0 Å². The van der Waals surface area contributed by atoms with E-state index in [1.807, 2.05) is 0 Å². The number of hydrogen-bond acceptors (Lipinski definition) is 3. The Morgan fingerprint density at radius 1 is 1.08 bits per heavy atom. The summed E-state index contributed by atoms with van der Waals surface area (Å²) in [6, 6.07) is 0. The van der Waals surface area contributed by atoms with Crippen LogP contribution in [0.1, 0.15) is 0 Å². The van der Waals surface area contributed by atoms with E-state index in [-0.39, 0.29) is 32.9 Å². The van der Waals surface area contributed by atoms with Crippen molar-refractivity contribution in [3.63, 3.8) is 0 Å². The van der Waals surface area contributed by atoms with Gasteiger partial charge in [-0.3, -0.25) is 22.4 Å². The minimum absolute atomic E-state index is 0. The van der Waals surface area contributed by atoms with Crippen molar-refractivity contribution in [2.45, 2.75) is 0 Å². The van der Waals surface area contributed by atoms with Crippen LogP contribution in [-0.4, -0.2) is 11.9 Å². The van der Waals surface area contributed by atoms with Crippen LogP contribution in [-0.2, 0) is 35.4 Å². The standard InChI is InChI=1S/C8H6O3.W/c9-7-5-3-1-2-4-6(5)8(10)11-7;/h1-6H;/q-2;+2. The molecule has 0 aromatic rings. The topological polar surface area (TPSA) is 43.4 Å². The molecule has 1 fully saturated rings. The summed E-state index contributed by atoms with van der Waals surface area (Å²) in [6.07, 6.45) is 6.89. The molecule has 12 heavy (non-hydrogen) atoms. The van der Waals surface area contributed by atoms with E-state index in [2.05, 4.69) is 4.74 Å². The Morgan fingerprint density at radius 3 is 1.92 bits per heavy atom. The third-order valence-corrected chi connectivity index (χ3v) is 1.88. The van der Waals surface area contributed by atoms with Gasteiger partial charge in [0, 0.05) is 0 Å². The molecule has 0 radical (unpaired) electrons. The number of carbonyl (C=O) groups excluding carboxylic acids is 2. The summed E-state index contributed by atoms with van der Waals surface area (Å²) >= 11 is 0. The number of rotatable bonds is 0. The van der Waals surface area contributed by atoms with Gasteiger partial charge < -0.3 is 16.9 Å². The van der Waals surface area contributed by atoms with Crippen LogP contribution in [0.4, 0.5) is 0 Å². The van der Waals surface area contributed by atoms with Gasteiger partial charge in [-0.2, -0.15) is 0 Å². The van der Waals surface area contributed by atoms with E-state index < -0.39 is 11.9 Å². The maximum atomic E-state index is 10.9. The molecule has 1 heterocycles. The van der Waals surface area contributed by atoms with E-state index in [9.17, 15) is 9.59 Å². The van der Waals surface area contributed by atoms with E-state index in [0.29, 0.717) is 0 Å². The molecule has 0 saturated carbocycles. The molecular weight excluding hydrogens is 328 g/mol. The van der Waals surface area contributed by atoms with Crippen LogP contribution in [0.15, 0.2) is 12.2 Å². The van der Waals surface area contributed by atoms with Crippen LogP contribution in [0.2, 0.25) is 0 Å². The maximum Gasteiger partial charge on any atom is 2.00 e. The van der Waals surface area contributed by atoms with E-state index in [1.165, 1.54) is 0 Å². The summed E-state index contributed by atoms with van der Waals surface area (Å²) in [5, 5.41) is 0. The van der Waals surface area contributed by atoms with E-state index in [0.717, 1.165) is 0 Å². The molecule has 62 valence electrons. The van der Waals surface area contributed by atoms with Crippen molar-refractivity contribution in [2.75, 3.05) is 0 Å². The first kappa shape index (κ1) is 9.40. The Kier molecular flexibility index (Phi) is 2.63. The number of fused-ring (bicyclic) bond motifs is 1. The average Bonchev–Trinajstić information content (AvgIpc) is 2.30. The van der Waals surface area contributed by atoms with Crippen molar-refractivity contribution in [1.82, 2.24) is 0 Å². The third kappa shape index (κ3) is 1.29. The fourth-order valence-electron chi connectivity index (χ4n) is 1.29. The molecular formula is C8H6O3W. The molecule has 0 amide bonds. The van der Waals surface area contributed by atoms with Crippen molar-refractivity contribution in [3.8, 4) is 0 Å². The molecule has 0 N–H and O–H groups in total. The molecule has 0 aromatic carbocycles. The first-order chi connectivity index (χ1) is 5.29. The van der Waals surface area contributed by atoms with Crippen LogP contribution in [0.25, 0.3) is 0 Å².